The van der Waals surface area contributed by atoms with Crippen LogP contribution < -0.4 is 5.32 Å². The smallest absolute Gasteiger partial charge is 0.124 e. The summed E-state index contributed by atoms with van der Waals surface area (Å²) in [5.41, 5.74) is 1.00. The van der Waals surface area contributed by atoms with E-state index in [1.165, 1.54) is 12.1 Å². The summed E-state index contributed by atoms with van der Waals surface area (Å²) in [6.07, 6.45) is 2.98. The van der Waals surface area contributed by atoms with Gasteiger partial charge in [-0.05, 0) is 49.9 Å². The van der Waals surface area contributed by atoms with E-state index < -0.39 is 0 Å². The summed E-state index contributed by atoms with van der Waals surface area (Å²) in [5, 5.41) is 3.87. The van der Waals surface area contributed by atoms with Gasteiger partial charge in [0, 0.05) is 24.3 Å². The molecule has 0 aliphatic carbocycles. The molecule has 1 aliphatic rings. The van der Waals surface area contributed by atoms with E-state index in [0.717, 1.165) is 38.0 Å². The lowest BCUT2D eigenvalue weighted by Gasteiger charge is -2.30. The van der Waals surface area contributed by atoms with Crippen LogP contribution in [0.2, 0.25) is 5.02 Å². The van der Waals surface area contributed by atoms with E-state index in [1.807, 2.05) is 7.05 Å². The number of hydrogen-bond donors (Lipinski definition) is 1. The van der Waals surface area contributed by atoms with Crippen LogP contribution in [0, 0.1) is 11.7 Å². The Hall–Kier alpha value is -0.640. The van der Waals surface area contributed by atoms with E-state index in [-0.39, 0.29) is 5.82 Å². The quantitative estimate of drug-likeness (QED) is 0.909. The van der Waals surface area contributed by atoms with Crippen LogP contribution in [0.5, 0.6) is 0 Å². The highest BCUT2D eigenvalue weighted by Gasteiger charge is 2.23. The van der Waals surface area contributed by atoms with E-state index in [0.29, 0.717) is 17.0 Å². The van der Waals surface area contributed by atoms with Crippen molar-refractivity contribution in [3.63, 3.8) is 0 Å². The Bertz CT molecular complexity index is 393. The summed E-state index contributed by atoms with van der Waals surface area (Å²) >= 11 is 6.08. The van der Waals surface area contributed by atoms with Gasteiger partial charge in [0.05, 0.1) is 0 Å². The molecule has 0 amide bonds. The molecule has 1 aliphatic heterocycles. The largest absolute Gasteiger partial charge is 0.381 e. The highest BCUT2D eigenvalue weighted by Crippen LogP contribution is 2.25. The van der Waals surface area contributed by atoms with Crippen LogP contribution in [-0.4, -0.2) is 26.3 Å². The minimum Gasteiger partial charge on any atom is -0.381 e. The topological polar surface area (TPSA) is 21.3 Å². The van der Waals surface area contributed by atoms with Crippen LogP contribution in [0.25, 0.3) is 0 Å². The second-order valence-electron chi connectivity index (χ2n) is 4.78. The Kier molecular flexibility index (Phi) is 4.98. The highest BCUT2D eigenvalue weighted by atomic mass is 35.5. The van der Waals surface area contributed by atoms with Crippen molar-refractivity contribution in [2.24, 2.45) is 5.92 Å². The monoisotopic (exact) mass is 271 g/mol. The van der Waals surface area contributed by atoms with E-state index in [2.05, 4.69) is 5.32 Å². The number of rotatable bonds is 4. The van der Waals surface area contributed by atoms with E-state index in [9.17, 15) is 4.39 Å². The molecule has 1 atom stereocenters. The van der Waals surface area contributed by atoms with E-state index >= 15 is 0 Å². The molecule has 1 fully saturated rings. The van der Waals surface area contributed by atoms with Crippen LogP contribution in [0.15, 0.2) is 18.2 Å². The average Bonchev–Trinajstić information content (AvgIpc) is 2.39. The van der Waals surface area contributed by atoms with E-state index in [4.69, 9.17) is 16.3 Å². The fourth-order valence-corrected chi connectivity index (χ4v) is 2.79. The predicted molar refractivity (Wildman–Crippen MR) is 71.5 cm³/mol. The Balaban J connectivity index is 2.04. The maximum atomic E-state index is 13.0. The first-order valence-corrected chi connectivity index (χ1v) is 6.77. The van der Waals surface area contributed by atoms with Crippen molar-refractivity contribution >= 4 is 11.6 Å². The van der Waals surface area contributed by atoms with Crippen molar-refractivity contribution in [1.29, 1.82) is 0 Å². The summed E-state index contributed by atoms with van der Waals surface area (Å²) in [7, 11) is 1.97. The number of nitrogens with one attached hydrogen (secondary N) is 1. The standard InChI is InChI=1S/C14H19ClFNO/c1-17-14(10-4-6-18-7-5-10)8-11-2-3-12(16)9-13(11)15/h2-3,9-10,14,17H,4-8H2,1H3. The molecule has 1 aromatic rings. The van der Waals surface area contributed by atoms with E-state index in [1.54, 1.807) is 6.07 Å². The summed E-state index contributed by atoms with van der Waals surface area (Å²) < 4.78 is 18.4. The normalized spacial score (nSPS) is 18.8. The molecule has 0 saturated carbocycles. The molecule has 0 aromatic heterocycles. The summed E-state index contributed by atoms with van der Waals surface area (Å²) in [6.45, 7) is 1.67. The molecular weight excluding hydrogens is 253 g/mol. The number of hydrogen-bond acceptors (Lipinski definition) is 2. The van der Waals surface area contributed by atoms with Gasteiger partial charge in [0.1, 0.15) is 5.82 Å². The lowest BCUT2D eigenvalue weighted by Crippen LogP contribution is -2.38. The molecule has 1 aromatic carbocycles. The second-order valence-corrected chi connectivity index (χ2v) is 5.19. The Labute approximate surface area is 112 Å². The van der Waals surface area contributed by atoms with Gasteiger partial charge in [-0.3, -0.25) is 0 Å². The number of halogens is 2. The highest BCUT2D eigenvalue weighted by molar-refractivity contribution is 6.31. The van der Waals surface area contributed by atoms with Crippen LogP contribution in [0.3, 0.4) is 0 Å². The van der Waals surface area contributed by atoms with Crippen LogP contribution in [-0.2, 0) is 11.2 Å². The molecule has 0 radical (unpaired) electrons. The van der Waals surface area contributed by atoms with Gasteiger partial charge in [-0.25, -0.2) is 4.39 Å². The lowest BCUT2D eigenvalue weighted by atomic mass is 9.88. The first-order chi connectivity index (χ1) is 8.70. The fourth-order valence-electron chi connectivity index (χ4n) is 2.55. The third-order valence-electron chi connectivity index (χ3n) is 3.66. The molecule has 18 heavy (non-hydrogen) atoms. The lowest BCUT2D eigenvalue weighted by molar-refractivity contribution is 0.0547. The maximum Gasteiger partial charge on any atom is 0.124 e. The molecule has 1 unspecified atom stereocenters. The van der Waals surface area contributed by atoms with Crippen molar-refractivity contribution in [3.8, 4) is 0 Å². The molecule has 4 heteroatoms. The number of benzene rings is 1. The summed E-state index contributed by atoms with van der Waals surface area (Å²) in [4.78, 5) is 0. The second kappa shape index (κ2) is 6.50. The molecule has 2 rings (SSSR count). The predicted octanol–water partition coefficient (Wildman–Crippen LogP) is 3.04. The zero-order chi connectivity index (χ0) is 13.0. The minimum atomic E-state index is -0.282. The third-order valence-corrected chi connectivity index (χ3v) is 4.01. The van der Waals surface area contributed by atoms with Crippen LogP contribution in [0.1, 0.15) is 18.4 Å². The Morgan fingerprint density at radius 3 is 2.78 bits per heavy atom. The number of ether oxygens (including phenoxy) is 1. The van der Waals surface area contributed by atoms with Gasteiger partial charge in [0.25, 0.3) is 0 Å². The van der Waals surface area contributed by atoms with Crippen molar-refractivity contribution < 1.29 is 9.13 Å². The fraction of sp³-hybridized carbons (Fsp3) is 0.571. The molecule has 2 nitrogen and oxygen atoms in total. The maximum absolute atomic E-state index is 13.0. The zero-order valence-electron chi connectivity index (χ0n) is 10.6. The minimum absolute atomic E-state index is 0.282. The van der Waals surface area contributed by atoms with Crippen molar-refractivity contribution in [3.05, 3.63) is 34.6 Å². The van der Waals surface area contributed by atoms with Crippen molar-refractivity contribution in [2.45, 2.75) is 25.3 Å². The van der Waals surface area contributed by atoms with Gasteiger partial charge in [0.2, 0.25) is 0 Å². The zero-order valence-corrected chi connectivity index (χ0v) is 11.3. The molecule has 0 spiro atoms. The van der Waals surface area contributed by atoms with Gasteiger partial charge < -0.3 is 10.1 Å². The average molecular weight is 272 g/mol. The van der Waals surface area contributed by atoms with Gasteiger partial charge in [0.15, 0.2) is 0 Å². The summed E-state index contributed by atoms with van der Waals surface area (Å²) in [5.74, 6) is 0.320. The van der Waals surface area contributed by atoms with Gasteiger partial charge >= 0.3 is 0 Å². The molecule has 1 heterocycles. The SMILES string of the molecule is CNC(Cc1ccc(F)cc1Cl)C1CCOCC1. The van der Waals surface area contributed by atoms with Gasteiger partial charge in [-0.1, -0.05) is 17.7 Å². The number of likely N-dealkylation sites (N-methyl/N-ethyl adjacent to an activating group) is 1. The first-order valence-electron chi connectivity index (χ1n) is 6.39. The van der Waals surface area contributed by atoms with Gasteiger partial charge in [-0.2, -0.15) is 0 Å². The molecule has 0 bridgehead atoms. The Morgan fingerprint density at radius 2 is 2.17 bits per heavy atom. The molecule has 100 valence electrons. The van der Waals surface area contributed by atoms with Gasteiger partial charge in [-0.15, -0.1) is 0 Å². The van der Waals surface area contributed by atoms with Crippen molar-refractivity contribution in [1.82, 2.24) is 5.32 Å². The van der Waals surface area contributed by atoms with Crippen LogP contribution >= 0.6 is 11.6 Å². The third kappa shape index (κ3) is 3.44. The summed E-state index contributed by atoms with van der Waals surface area (Å²) in [6, 6.07) is 5.00. The Morgan fingerprint density at radius 1 is 1.44 bits per heavy atom. The first kappa shape index (κ1) is 13.8. The molecular formula is C14H19ClFNO. The molecule has 1 saturated heterocycles. The van der Waals surface area contributed by atoms with Crippen molar-refractivity contribution in [2.75, 3.05) is 20.3 Å². The van der Waals surface area contributed by atoms with Crippen LogP contribution in [0.4, 0.5) is 4.39 Å². The molecule has 1 N–H and O–H groups in total.